The predicted molar refractivity (Wildman–Crippen MR) is 64.7 cm³/mol. The molecule has 0 rings (SSSR count). The first kappa shape index (κ1) is 16.8. The Bertz CT molecular complexity index is 393. The molecule has 106 valence electrons. The second kappa shape index (κ2) is 7.29. The minimum absolute atomic E-state index is 0.0930. The molecule has 0 aromatic heterocycles. The molecule has 1 atom stereocenters. The summed E-state index contributed by atoms with van der Waals surface area (Å²) in [5, 5.41) is 8.82. The summed E-state index contributed by atoms with van der Waals surface area (Å²) in [6, 6.07) is -1.37. The molecule has 0 aromatic carbocycles. The van der Waals surface area contributed by atoms with Gasteiger partial charge in [0.05, 0.1) is 0 Å². The van der Waals surface area contributed by atoms with Gasteiger partial charge in [0.15, 0.2) is 0 Å². The lowest BCUT2D eigenvalue weighted by Gasteiger charge is -2.15. The molecule has 5 N–H and O–H groups in total. The Balaban J connectivity index is 4.47. The van der Waals surface area contributed by atoms with E-state index < -0.39 is 28.1 Å². The number of primary amides is 1. The number of rotatable bonds is 9. The van der Waals surface area contributed by atoms with Crippen LogP contribution in [-0.4, -0.2) is 38.0 Å². The fraction of sp³-hybridized carbons (Fsp3) is 0.778. The Morgan fingerprint density at radius 1 is 1.33 bits per heavy atom. The third-order valence-electron chi connectivity index (χ3n) is 1.96. The van der Waals surface area contributed by atoms with Crippen LogP contribution in [0.3, 0.4) is 0 Å². The average molecular weight is 281 g/mol. The van der Waals surface area contributed by atoms with E-state index in [1.54, 1.807) is 0 Å². The van der Waals surface area contributed by atoms with E-state index in [1.165, 1.54) is 0 Å². The van der Waals surface area contributed by atoms with Gasteiger partial charge in [-0.25, -0.2) is 4.72 Å². The first-order valence-corrected chi connectivity index (χ1v) is 6.90. The highest BCUT2D eigenvalue weighted by Gasteiger charge is 2.24. The van der Waals surface area contributed by atoms with Crippen LogP contribution < -0.4 is 15.2 Å². The minimum atomic E-state index is -3.90. The van der Waals surface area contributed by atoms with Crippen LogP contribution in [0.25, 0.3) is 0 Å². The van der Waals surface area contributed by atoms with E-state index in [-0.39, 0.29) is 25.3 Å². The number of hydrogen-bond acceptors (Lipinski definition) is 4. The molecule has 0 bridgehead atoms. The maximum Gasteiger partial charge on any atom is 0.321 e. The van der Waals surface area contributed by atoms with Gasteiger partial charge in [0.25, 0.3) is 10.2 Å². The Morgan fingerprint density at radius 3 is 2.28 bits per heavy atom. The zero-order chi connectivity index (χ0) is 14.3. The van der Waals surface area contributed by atoms with Gasteiger partial charge >= 0.3 is 5.97 Å². The fourth-order valence-electron chi connectivity index (χ4n) is 1.02. The van der Waals surface area contributed by atoms with Crippen molar-refractivity contribution in [2.24, 2.45) is 11.7 Å². The van der Waals surface area contributed by atoms with Crippen LogP contribution in [0.15, 0.2) is 0 Å². The first-order chi connectivity index (χ1) is 8.14. The molecule has 18 heavy (non-hydrogen) atoms. The maximum atomic E-state index is 11.5. The van der Waals surface area contributed by atoms with Crippen LogP contribution >= 0.6 is 0 Å². The Labute approximate surface area is 106 Å². The molecule has 1 amide bonds. The summed E-state index contributed by atoms with van der Waals surface area (Å²) in [7, 11) is -3.90. The van der Waals surface area contributed by atoms with Crippen LogP contribution in [0.4, 0.5) is 0 Å². The fourth-order valence-corrected chi connectivity index (χ4v) is 2.25. The molecule has 0 aliphatic carbocycles. The number of carbonyl (C=O) groups excluding carboxylic acids is 1. The smallest absolute Gasteiger partial charge is 0.321 e. The molecule has 8 nitrogen and oxygen atoms in total. The van der Waals surface area contributed by atoms with Crippen LogP contribution in [0.1, 0.15) is 26.7 Å². The monoisotopic (exact) mass is 281 g/mol. The summed E-state index contributed by atoms with van der Waals surface area (Å²) in [5.74, 6) is -1.95. The van der Waals surface area contributed by atoms with Crippen molar-refractivity contribution in [2.75, 3.05) is 6.54 Å². The Morgan fingerprint density at radius 2 is 1.89 bits per heavy atom. The topological polar surface area (TPSA) is 139 Å². The molecule has 0 aliphatic rings. The lowest BCUT2D eigenvalue weighted by molar-refractivity contribution is -0.139. The molecule has 0 aliphatic heterocycles. The van der Waals surface area contributed by atoms with Gasteiger partial charge in [-0.05, 0) is 12.3 Å². The standard InChI is InChI=1S/C9H19N3O5S/c1-6(2)5-11-18(16,17)12-7(9(14)15)3-4-8(10)13/h6-7,11-12H,3-5H2,1-2H3,(H2,10,13)(H,14,15). The number of aliphatic carboxylic acids is 1. The summed E-state index contributed by atoms with van der Waals surface area (Å²) < 4.78 is 27.2. The number of carboxylic acid groups (broad SMARTS) is 1. The molecular formula is C9H19N3O5S. The van der Waals surface area contributed by atoms with Crippen molar-refractivity contribution in [1.82, 2.24) is 9.44 Å². The quantitative estimate of drug-likeness (QED) is 0.420. The van der Waals surface area contributed by atoms with Crippen LogP contribution in [-0.2, 0) is 19.8 Å². The van der Waals surface area contributed by atoms with Crippen molar-refractivity contribution in [3.63, 3.8) is 0 Å². The van der Waals surface area contributed by atoms with Crippen molar-refractivity contribution in [3.8, 4) is 0 Å². The van der Waals surface area contributed by atoms with Gasteiger partial charge in [-0.1, -0.05) is 13.8 Å². The molecule has 0 fully saturated rings. The highest BCUT2D eigenvalue weighted by Crippen LogP contribution is 1.99. The zero-order valence-electron chi connectivity index (χ0n) is 10.3. The lowest BCUT2D eigenvalue weighted by atomic mass is 10.2. The van der Waals surface area contributed by atoms with Gasteiger partial charge in [0, 0.05) is 13.0 Å². The van der Waals surface area contributed by atoms with Gasteiger partial charge in [0.1, 0.15) is 6.04 Å². The number of hydrogen-bond donors (Lipinski definition) is 4. The third-order valence-corrected chi connectivity index (χ3v) is 3.10. The molecule has 0 radical (unpaired) electrons. The molecular weight excluding hydrogens is 262 g/mol. The normalized spacial score (nSPS) is 13.5. The summed E-state index contributed by atoms with van der Waals surface area (Å²) in [6.07, 6.45) is -0.392. The predicted octanol–water partition coefficient (Wildman–Crippen LogP) is -1.21. The van der Waals surface area contributed by atoms with Crippen molar-refractivity contribution in [3.05, 3.63) is 0 Å². The molecule has 1 unspecified atom stereocenters. The van der Waals surface area contributed by atoms with Crippen LogP contribution in [0.2, 0.25) is 0 Å². The summed E-state index contributed by atoms with van der Waals surface area (Å²) in [4.78, 5) is 21.4. The van der Waals surface area contributed by atoms with Crippen LogP contribution in [0, 0.1) is 5.92 Å². The Hall–Kier alpha value is -1.19. The van der Waals surface area contributed by atoms with E-state index in [1.807, 2.05) is 18.6 Å². The van der Waals surface area contributed by atoms with Gasteiger partial charge in [-0.3, -0.25) is 9.59 Å². The van der Waals surface area contributed by atoms with E-state index in [4.69, 9.17) is 10.8 Å². The van der Waals surface area contributed by atoms with Gasteiger partial charge in [-0.2, -0.15) is 13.1 Å². The Kier molecular flexibility index (Phi) is 6.81. The van der Waals surface area contributed by atoms with Crippen LogP contribution in [0.5, 0.6) is 0 Å². The third kappa shape index (κ3) is 7.98. The SMILES string of the molecule is CC(C)CNS(=O)(=O)NC(CCC(N)=O)C(=O)O. The second-order valence-corrected chi connectivity index (χ2v) is 5.79. The highest BCUT2D eigenvalue weighted by atomic mass is 32.2. The lowest BCUT2D eigenvalue weighted by Crippen LogP contribution is -2.47. The number of carboxylic acids is 1. The van der Waals surface area contributed by atoms with E-state index in [0.29, 0.717) is 0 Å². The maximum absolute atomic E-state index is 11.5. The second-order valence-electron chi connectivity index (χ2n) is 4.26. The van der Waals surface area contributed by atoms with Crippen molar-refractivity contribution in [1.29, 1.82) is 0 Å². The summed E-state index contributed by atoms with van der Waals surface area (Å²) in [5.41, 5.74) is 4.88. The van der Waals surface area contributed by atoms with E-state index in [0.717, 1.165) is 0 Å². The molecule has 0 saturated heterocycles. The minimum Gasteiger partial charge on any atom is -0.480 e. The average Bonchev–Trinajstić information content (AvgIpc) is 2.21. The summed E-state index contributed by atoms with van der Waals surface area (Å²) >= 11 is 0. The highest BCUT2D eigenvalue weighted by molar-refractivity contribution is 7.87. The molecule has 0 aromatic rings. The van der Waals surface area contributed by atoms with Crippen molar-refractivity contribution in [2.45, 2.75) is 32.7 Å². The van der Waals surface area contributed by atoms with Crippen molar-refractivity contribution < 1.29 is 23.1 Å². The van der Waals surface area contributed by atoms with E-state index in [9.17, 15) is 18.0 Å². The molecule has 0 saturated carbocycles. The first-order valence-electron chi connectivity index (χ1n) is 5.42. The van der Waals surface area contributed by atoms with E-state index >= 15 is 0 Å². The summed E-state index contributed by atoms with van der Waals surface area (Å²) in [6.45, 7) is 3.81. The molecule has 0 spiro atoms. The van der Waals surface area contributed by atoms with Gasteiger partial charge < -0.3 is 10.8 Å². The van der Waals surface area contributed by atoms with Gasteiger partial charge in [0.2, 0.25) is 5.91 Å². The largest absolute Gasteiger partial charge is 0.480 e. The van der Waals surface area contributed by atoms with E-state index in [2.05, 4.69) is 4.72 Å². The number of carbonyl (C=O) groups is 2. The zero-order valence-corrected chi connectivity index (χ0v) is 11.2. The molecule has 0 heterocycles. The van der Waals surface area contributed by atoms with Gasteiger partial charge in [-0.15, -0.1) is 0 Å². The number of amides is 1. The number of nitrogens with one attached hydrogen (secondary N) is 2. The molecule has 9 heteroatoms. The van der Waals surface area contributed by atoms with Crippen molar-refractivity contribution >= 4 is 22.1 Å². The number of nitrogens with two attached hydrogens (primary N) is 1.